The lowest BCUT2D eigenvalue weighted by molar-refractivity contribution is -0.140. The zero-order chi connectivity index (χ0) is 20.5. The van der Waals surface area contributed by atoms with Gasteiger partial charge >= 0.3 is 0 Å². The van der Waals surface area contributed by atoms with Crippen LogP contribution in [0.5, 0.6) is 0 Å². The van der Waals surface area contributed by atoms with Gasteiger partial charge in [-0.3, -0.25) is 9.59 Å². The van der Waals surface area contributed by atoms with Crippen molar-refractivity contribution in [2.45, 2.75) is 52.1 Å². The van der Waals surface area contributed by atoms with E-state index >= 15 is 0 Å². The lowest BCUT2D eigenvalue weighted by atomic mass is 10.1. The van der Waals surface area contributed by atoms with Crippen LogP contribution in [0.2, 0.25) is 5.02 Å². The average Bonchev–Trinajstić information content (AvgIpc) is 2.65. The Morgan fingerprint density at radius 1 is 1.04 bits per heavy atom. The molecule has 0 aliphatic carbocycles. The van der Waals surface area contributed by atoms with E-state index in [1.165, 1.54) is 0 Å². The first-order chi connectivity index (χ1) is 13.4. The molecule has 5 heteroatoms. The fourth-order valence-electron chi connectivity index (χ4n) is 3.20. The molecule has 0 fully saturated rings. The molecule has 28 heavy (non-hydrogen) atoms. The minimum Gasteiger partial charge on any atom is -0.352 e. The van der Waals surface area contributed by atoms with Gasteiger partial charge in [-0.25, -0.2) is 0 Å². The van der Waals surface area contributed by atoms with Gasteiger partial charge in [-0.05, 0) is 49.9 Å². The Morgan fingerprint density at radius 2 is 1.71 bits per heavy atom. The van der Waals surface area contributed by atoms with Gasteiger partial charge in [-0.1, -0.05) is 61.0 Å². The first-order valence-corrected chi connectivity index (χ1v) is 10.2. The SMILES string of the molecule is CC[C@@H](C(=O)NC(C)C)N(CCc1ccccc1)C(=O)Cc1cccc(Cl)c1. The van der Waals surface area contributed by atoms with E-state index in [9.17, 15) is 9.59 Å². The molecule has 0 unspecified atom stereocenters. The summed E-state index contributed by atoms with van der Waals surface area (Å²) in [6.45, 7) is 6.28. The molecule has 0 radical (unpaired) electrons. The summed E-state index contributed by atoms with van der Waals surface area (Å²) < 4.78 is 0. The molecule has 0 aromatic heterocycles. The zero-order valence-corrected chi connectivity index (χ0v) is 17.6. The van der Waals surface area contributed by atoms with Crippen molar-refractivity contribution in [3.05, 3.63) is 70.7 Å². The molecule has 2 aromatic carbocycles. The monoisotopic (exact) mass is 400 g/mol. The summed E-state index contributed by atoms with van der Waals surface area (Å²) in [7, 11) is 0. The van der Waals surface area contributed by atoms with Crippen molar-refractivity contribution in [1.82, 2.24) is 10.2 Å². The van der Waals surface area contributed by atoms with Gasteiger partial charge in [-0.15, -0.1) is 0 Å². The molecule has 0 aliphatic rings. The smallest absolute Gasteiger partial charge is 0.242 e. The lowest BCUT2D eigenvalue weighted by Crippen LogP contribution is -2.51. The van der Waals surface area contributed by atoms with Crippen LogP contribution in [0.1, 0.15) is 38.3 Å². The summed E-state index contributed by atoms with van der Waals surface area (Å²) >= 11 is 6.06. The Labute approximate surface area is 172 Å². The second-order valence-electron chi connectivity index (χ2n) is 7.22. The van der Waals surface area contributed by atoms with Crippen molar-refractivity contribution < 1.29 is 9.59 Å². The van der Waals surface area contributed by atoms with Gasteiger partial charge in [-0.2, -0.15) is 0 Å². The number of carbonyl (C=O) groups is 2. The molecule has 2 aromatic rings. The Bertz CT molecular complexity index is 777. The van der Waals surface area contributed by atoms with Crippen LogP contribution in [-0.4, -0.2) is 35.3 Å². The second kappa shape index (κ2) is 10.9. The Morgan fingerprint density at radius 3 is 2.32 bits per heavy atom. The van der Waals surface area contributed by atoms with Crippen LogP contribution >= 0.6 is 11.6 Å². The van der Waals surface area contributed by atoms with Gasteiger partial charge in [0.1, 0.15) is 6.04 Å². The van der Waals surface area contributed by atoms with E-state index in [1.54, 1.807) is 17.0 Å². The molecule has 0 spiro atoms. The highest BCUT2D eigenvalue weighted by atomic mass is 35.5. The maximum atomic E-state index is 13.1. The van der Waals surface area contributed by atoms with Crippen LogP contribution in [-0.2, 0) is 22.4 Å². The topological polar surface area (TPSA) is 49.4 Å². The number of nitrogens with one attached hydrogen (secondary N) is 1. The summed E-state index contributed by atoms with van der Waals surface area (Å²) in [5.41, 5.74) is 1.99. The number of hydrogen-bond acceptors (Lipinski definition) is 2. The van der Waals surface area contributed by atoms with Crippen molar-refractivity contribution in [3.8, 4) is 0 Å². The Hall–Kier alpha value is -2.33. The third-order valence-corrected chi connectivity index (χ3v) is 4.78. The Balaban J connectivity index is 2.20. The summed E-state index contributed by atoms with van der Waals surface area (Å²) in [6, 6.07) is 16.8. The molecule has 0 heterocycles. The molecule has 0 saturated carbocycles. The van der Waals surface area contributed by atoms with E-state index in [0.717, 1.165) is 11.1 Å². The predicted octanol–water partition coefficient (Wildman–Crippen LogP) is 4.26. The number of benzene rings is 2. The second-order valence-corrected chi connectivity index (χ2v) is 7.65. The lowest BCUT2D eigenvalue weighted by Gasteiger charge is -2.31. The zero-order valence-electron chi connectivity index (χ0n) is 16.8. The van der Waals surface area contributed by atoms with Crippen LogP contribution in [0.3, 0.4) is 0 Å². The number of rotatable bonds is 9. The highest BCUT2D eigenvalue weighted by Gasteiger charge is 2.28. The number of amides is 2. The number of halogens is 1. The quantitative estimate of drug-likeness (QED) is 0.683. The van der Waals surface area contributed by atoms with Crippen LogP contribution in [0.15, 0.2) is 54.6 Å². The molecule has 150 valence electrons. The van der Waals surface area contributed by atoms with E-state index in [-0.39, 0.29) is 24.3 Å². The first kappa shape index (κ1) is 22.0. The highest BCUT2D eigenvalue weighted by molar-refractivity contribution is 6.30. The normalized spacial score (nSPS) is 11.9. The van der Waals surface area contributed by atoms with Crippen molar-refractivity contribution >= 4 is 23.4 Å². The van der Waals surface area contributed by atoms with E-state index in [4.69, 9.17) is 11.6 Å². The molecular formula is C23H29ClN2O2. The molecule has 0 saturated heterocycles. The number of hydrogen-bond donors (Lipinski definition) is 1. The van der Waals surface area contributed by atoms with E-state index < -0.39 is 6.04 Å². The number of carbonyl (C=O) groups excluding carboxylic acids is 2. The third kappa shape index (κ3) is 6.68. The van der Waals surface area contributed by atoms with Gasteiger partial charge in [0, 0.05) is 17.6 Å². The molecular weight excluding hydrogens is 372 g/mol. The molecule has 1 atom stereocenters. The van der Waals surface area contributed by atoms with Crippen molar-refractivity contribution in [1.29, 1.82) is 0 Å². The van der Waals surface area contributed by atoms with E-state index in [2.05, 4.69) is 5.32 Å². The molecule has 0 aliphatic heterocycles. The van der Waals surface area contributed by atoms with Crippen LogP contribution in [0.25, 0.3) is 0 Å². The standard InChI is InChI=1S/C23H29ClN2O2/c1-4-21(23(28)25-17(2)3)26(14-13-18-9-6-5-7-10-18)22(27)16-19-11-8-12-20(24)15-19/h5-12,15,17,21H,4,13-14,16H2,1-3H3,(H,25,28)/t21-/m0/s1. The molecule has 1 N–H and O–H groups in total. The van der Waals surface area contributed by atoms with Crippen LogP contribution in [0.4, 0.5) is 0 Å². The van der Waals surface area contributed by atoms with E-state index in [1.807, 2.05) is 63.2 Å². The summed E-state index contributed by atoms with van der Waals surface area (Å²) in [4.78, 5) is 27.6. The molecule has 2 rings (SSSR count). The summed E-state index contributed by atoms with van der Waals surface area (Å²) in [5.74, 6) is -0.172. The van der Waals surface area contributed by atoms with Crippen molar-refractivity contribution in [2.24, 2.45) is 0 Å². The fourth-order valence-corrected chi connectivity index (χ4v) is 3.41. The van der Waals surface area contributed by atoms with Crippen molar-refractivity contribution in [3.63, 3.8) is 0 Å². The van der Waals surface area contributed by atoms with Crippen LogP contribution in [0, 0.1) is 0 Å². The van der Waals surface area contributed by atoms with Gasteiger partial charge in [0.15, 0.2) is 0 Å². The van der Waals surface area contributed by atoms with Gasteiger partial charge in [0.2, 0.25) is 11.8 Å². The average molecular weight is 401 g/mol. The van der Waals surface area contributed by atoms with Gasteiger partial charge in [0.05, 0.1) is 6.42 Å². The third-order valence-electron chi connectivity index (χ3n) is 4.55. The largest absolute Gasteiger partial charge is 0.352 e. The number of nitrogens with zero attached hydrogens (tertiary/aromatic N) is 1. The molecule has 2 amide bonds. The molecule has 4 nitrogen and oxygen atoms in total. The summed E-state index contributed by atoms with van der Waals surface area (Å²) in [5, 5.41) is 3.55. The molecule has 0 bridgehead atoms. The maximum Gasteiger partial charge on any atom is 0.242 e. The fraction of sp³-hybridized carbons (Fsp3) is 0.391. The minimum absolute atomic E-state index is 0.0283. The van der Waals surface area contributed by atoms with Crippen LogP contribution < -0.4 is 5.32 Å². The predicted molar refractivity (Wildman–Crippen MR) is 114 cm³/mol. The van der Waals surface area contributed by atoms with Gasteiger partial charge < -0.3 is 10.2 Å². The Kier molecular flexibility index (Phi) is 8.52. The highest BCUT2D eigenvalue weighted by Crippen LogP contribution is 2.15. The van der Waals surface area contributed by atoms with Gasteiger partial charge in [0.25, 0.3) is 0 Å². The van der Waals surface area contributed by atoms with E-state index in [0.29, 0.717) is 24.4 Å². The van der Waals surface area contributed by atoms with Crippen molar-refractivity contribution in [2.75, 3.05) is 6.54 Å². The summed E-state index contributed by atoms with van der Waals surface area (Å²) in [6.07, 6.45) is 1.49. The minimum atomic E-state index is -0.488. The maximum absolute atomic E-state index is 13.1. The first-order valence-electron chi connectivity index (χ1n) is 9.79.